The van der Waals surface area contributed by atoms with E-state index in [1.54, 1.807) is 24.3 Å². The summed E-state index contributed by atoms with van der Waals surface area (Å²) in [6, 6.07) is 10.7. The molecule has 2 N–H and O–H groups in total. The fourth-order valence-electron chi connectivity index (χ4n) is 2.73. The summed E-state index contributed by atoms with van der Waals surface area (Å²) < 4.78 is 11.0. The van der Waals surface area contributed by atoms with Gasteiger partial charge in [-0.3, -0.25) is 4.79 Å². The van der Waals surface area contributed by atoms with Crippen molar-refractivity contribution < 1.29 is 14.3 Å². The lowest BCUT2D eigenvalue weighted by molar-refractivity contribution is 0.102. The Morgan fingerprint density at radius 2 is 1.86 bits per heavy atom. The zero-order valence-corrected chi connectivity index (χ0v) is 15.8. The Morgan fingerprint density at radius 1 is 1.04 bits per heavy atom. The molecule has 0 bridgehead atoms. The van der Waals surface area contributed by atoms with Crippen molar-refractivity contribution in [2.75, 3.05) is 23.8 Å². The molecule has 0 fully saturated rings. The first-order chi connectivity index (χ1) is 13.6. The first-order valence-electron chi connectivity index (χ1n) is 8.65. The van der Waals surface area contributed by atoms with E-state index in [2.05, 4.69) is 20.6 Å². The van der Waals surface area contributed by atoms with Crippen molar-refractivity contribution in [2.24, 2.45) is 0 Å². The molecule has 1 amide bonds. The smallest absolute Gasteiger partial charge is 0.275 e. The molecule has 2 aromatic carbocycles. The highest BCUT2D eigenvalue weighted by Crippen LogP contribution is 2.32. The molecule has 0 atom stereocenters. The van der Waals surface area contributed by atoms with Crippen molar-refractivity contribution in [2.45, 2.75) is 6.92 Å². The highest BCUT2D eigenvalue weighted by atomic mass is 35.5. The number of amides is 1. The molecule has 0 radical (unpaired) electrons. The molecule has 0 unspecified atom stereocenters. The molecule has 0 aliphatic carbocycles. The number of halogens is 1. The molecule has 0 saturated carbocycles. The molecule has 1 aromatic heterocycles. The SMILES string of the molecule is Cc1cc(Cl)ccc1Nc1cnc(C(=O)Nc2ccc3c(c2)OCCO3)cn1. The van der Waals surface area contributed by atoms with Crippen molar-refractivity contribution in [3.05, 3.63) is 65.1 Å². The molecule has 0 spiro atoms. The van der Waals surface area contributed by atoms with Gasteiger partial charge in [-0.15, -0.1) is 0 Å². The Labute approximate surface area is 166 Å². The third kappa shape index (κ3) is 3.99. The number of hydrogen-bond acceptors (Lipinski definition) is 6. The van der Waals surface area contributed by atoms with Crippen molar-refractivity contribution in [3.8, 4) is 11.5 Å². The number of carbonyl (C=O) groups excluding carboxylic acids is 1. The van der Waals surface area contributed by atoms with Crippen molar-refractivity contribution >= 4 is 34.7 Å². The average Bonchev–Trinajstić information content (AvgIpc) is 2.70. The van der Waals surface area contributed by atoms with Crippen LogP contribution in [0.3, 0.4) is 0 Å². The maximum Gasteiger partial charge on any atom is 0.275 e. The van der Waals surface area contributed by atoms with Crippen molar-refractivity contribution in [1.29, 1.82) is 0 Å². The van der Waals surface area contributed by atoms with Crippen molar-refractivity contribution in [1.82, 2.24) is 9.97 Å². The number of carbonyl (C=O) groups is 1. The standard InChI is InChI=1S/C20H17ClN4O3/c1-12-8-13(21)2-4-15(12)25-19-11-22-16(10-23-19)20(26)24-14-3-5-17-18(9-14)28-7-6-27-17/h2-5,8-11H,6-7H2,1H3,(H,23,25)(H,24,26). The fraction of sp³-hybridized carbons (Fsp3) is 0.150. The van der Waals surface area contributed by atoms with Gasteiger partial charge in [0, 0.05) is 22.5 Å². The lowest BCUT2D eigenvalue weighted by Crippen LogP contribution is -2.17. The second-order valence-electron chi connectivity index (χ2n) is 6.18. The van der Waals surface area contributed by atoms with Crippen LogP contribution in [-0.4, -0.2) is 29.1 Å². The van der Waals surface area contributed by atoms with Gasteiger partial charge in [-0.05, 0) is 42.8 Å². The Hall–Kier alpha value is -3.32. The third-order valence-electron chi connectivity index (χ3n) is 4.14. The van der Waals surface area contributed by atoms with E-state index in [4.69, 9.17) is 21.1 Å². The summed E-state index contributed by atoms with van der Waals surface area (Å²) in [5, 5.41) is 6.60. The van der Waals surface area contributed by atoms with E-state index in [1.807, 2.05) is 19.1 Å². The van der Waals surface area contributed by atoms with Gasteiger partial charge in [0.25, 0.3) is 5.91 Å². The minimum absolute atomic E-state index is 0.202. The highest BCUT2D eigenvalue weighted by Gasteiger charge is 2.14. The van der Waals surface area contributed by atoms with E-state index >= 15 is 0 Å². The number of nitrogens with one attached hydrogen (secondary N) is 2. The van der Waals surface area contributed by atoms with Crippen LogP contribution in [0.5, 0.6) is 11.5 Å². The number of ether oxygens (including phenoxy) is 2. The van der Waals surface area contributed by atoms with Crippen LogP contribution in [0.2, 0.25) is 5.02 Å². The van der Waals surface area contributed by atoms with E-state index in [9.17, 15) is 4.79 Å². The van der Waals surface area contributed by atoms with Gasteiger partial charge in [0.2, 0.25) is 0 Å². The van der Waals surface area contributed by atoms with Gasteiger partial charge in [-0.2, -0.15) is 0 Å². The number of aryl methyl sites for hydroxylation is 1. The number of hydrogen-bond donors (Lipinski definition) is 2. The molecule has 7 nitrogen and oxygen atoms in total. The fourth-order valence-corrected chi connectivity index (χ4v) is 2.96. The third-order valence-corrected chi connectivity index (χ3v) is 4.37. The van der Waals surface area contributed by atoms with Gasteiger partial charge in [-0.1, -0.05) is 11.6 Å². The Kier molecular flexibility index (Phi) is 4.99. The van der Waals surface area contributed by atoms with Crippen LogP contribution in [0.4, 0.5) is 17.2 Å². The molecule has 3 aromatic rings. The summed E-state index contributed by atoms with van der Waals surface area (Å²) in [6.45, 7) is 2.94. The maximum atomic E-state index is 12.4. The molecule has 142 valence electrons. The molecule has 2 heterocycles. The van der Waals surface area contributed by atoms with E-state index in [-0.39, 0.29) is 11.6 Å². The second-order valence-corrected chi connectivity index (χ2v) is 6.62. The number of benzene rings is 2. The zero-order chi connectivity index (χ0) is 19.5. The lowest BCUT2D eigenvalue weighted by Gasteiger charge is -2.18. The second kappa shape index (κ2) is 7.74. The summed E-state index contributed by atoms with van der Waals surface area (Å²) in [5.41, 5.74) is 2.64. The van der Waals surface area contributed by atoms with E-state index in [1.165, 1.54) is 12.4 Å². The van der Waals surface area contributed by atoms with Crippen molar-refractivity contribution in [3.63, 3.8) is 0 Å². The monoisotopic (exact) mass is 396 g/mol. The summed E-state index contributed by atoms with van der Waals surface area (Å²) in [6.07, 6.45) is 2.92. The number of anilines is 3. The van der Waals surface area contributed by atoms with Gasteiger partial charge in [0.1, 0.15) is 24.7 Å². The first-order valence-corrected chi connectivity index (χ1v) is 9.02. The van der Waals surface area contributed by atoms with Gasteiger partial charge in [0.05, 0.1) is 12.4 Å². The largest absolute Gasteiger partial charge is 0.486 e. The number of nitrogens with zero attached hydrogens (tertiary/aromatic N) is 2. The first kappa shape index (κ1) is 18.1. The van der Waals surface area contributed by atoms with Crippen LogP contribution < -0.4 is 20.1 Å². The molecule has 28 heavy (non-hydrogen) atoms. The van der Waals surface area contributed by atoms with Gasteiger partial charge in [0.15, 0.2) is 11.5 Å². The lowest BCUT2D eigenvalue weighted by atomic mass is 10.2. The molecule has 0 saturated heterocycles. The molecule has 4 rings (SSSR count). The summed E-state index contributed by atoms with van der Waals surface area (Å²) in [4.78, 5) is 20.9. The van der Waals surface area contributed by atoms with E-state index in [0.717, 1.165) is 11.3 Å². The Morgan fingerprint density at radius 3 is 2.61 bits per heavy atom. The van der Waals surface area contributed by atoms with E-state index in [0.29, 0.717) is 41.2 Å². The van der Waals surface area contributed by atoms with Crippen LogP contribution in [0, 0.1) is 6.92 Å². The maximum absolute atomic E-state index is 12.4. The topological polar surface area (TPSA) is 85.4 Å². The molecule has 1 aliphatic rings. The van der Waals surface area contributed by atoms with E-state index < -0.39 is 0 Å². The highest BCUT2D eigenvalue weighted by molar-refractivity contribution is 6.30. The van der Waals surface area contributed by atoms with Crippen LogP contribution in [0.1, 0.15) is 16.1 Å². The minimum atomic E-state index is -0.363. The predicted octanol–water partition coefficient (Wildman–Crippen LogP) is 4.21. The Bertz CT molecular complexity index is 1020. The van der Waals surface area contributed by atoms with Crippen LogP contribution in [0.25, 0.3) is 0 Å². The Balaban J connectivity index is 1.44. The summed E-state index contributed by atoms with van der Waals surface area (Å²) in [7, 11) is 0. The summed E-state index contributed by atoms with van der Waals surface area (Å²) in [5.74, 6) is 1.43. The molecular formula is C20H17ClN4O3. The zero-order valence-electron chi connectivity index (χ0n) is 15.0. The molecule has 8 heteroatoms. The summed E-state index contributed by atoms with van der Waals surface area (Å²) >= 11 is 5.97. The van der Waals surface area contributed by atoms with Crippen LogP contribution >= 0.6 is 11.6 Å². The quantitative estimate of drug-likeness (QED) is 0.687. The van der Waals surface area contributed by atoms with Gasteiger partial charge < -0.3 is 20.1 Å². The minimum Gasteiger partial charge on any atom is -0.486 e. The average molecular weight is 397 g/mol. The molecular weight excluding hydrogens is 380 g/mol. The van der Waals surface area contributed by atoms with Gasteiger partial charge in [-0.25, -0.2) is 9.97 Å². The van der Waals surface area contributed by atoms with Crippen LogP contribution in [0.15, 0.2) is 48.8 Å². The number of fused-ring (bicyclic) bond motifs is 1. The number of aromatic nitrogens is 2. The normalized spacial score (nSPS) is 12.4. The van der Waals surface area contributed by atoms with Crippen LogP contribution in [-0.2, 0) is 0 Å². The van der Waals surface area contributed by atoms with Gasteiger partial charge >= 0.3 is 0 Å². The predicted molar refractivity (Wildman–Crippen MR) is 107 cm³/mol. The number of rotatable bonds is 4. The molecule has 1 aliphatic heterocycles.